The van der Waals surface area contributed by atoms with Crippen molar-refractivity contribution in [3.63, 3.8) is 0 Å². The number of anilines is 1. The third kappa shape index (κ3) is 3.82. The second-order valence-corrected chi connectivity index (χ2v) is 8.70. The summed E-state index contributed by atoms with van der Waals surface area (Å²) in [6, 6.07) is 0.286. The molecule has 0 fully saturated rings. The maximum absolute atomic E-state index is 13.5. The van der Waals surface area contributed by atoms with Gasteiger partial charge in [-0.15, -0.1) is 10.2 Å². The topological polar surface area (TPSA) is 132 Å². The van der Waals surface area contributed by atoms with E-state index in [1.54, 1.807) is 0 Å². The van der Waals surface area contributed by atoms with Crippen LogP contribution in [-0.2, 0) is 21.6 Å². The number of hydrogen-bond donors (Lipinski definition) is 2. The molecule has 0 radical (unpaired) electrons. The Balaban J connectivity index is 2.28. The van der Waals surface area contributed by atoms with E-state index in [4.69, 9.17) is 10.2 Å². The number of nitrogen functional groups attached to an aromatic ring is 1. The molecule has 8 nitrogen and oxygen atoms in total. The average Bonchev–Trinajstić information content (AvgIpc) is 3.08. The van der Waals surface area contributed by atoms with E-state index < -0.39 is 73.7 Å². The van der Waals surface area contributed by atoms with E-state index in [0.29, 0.717) is 0 Å². The lowest BCUT2D eigenvalue weighted by molar-refractivity contribution is -0.277. The van der Waals surface area contributed by atoms with Gasteiger partial charge in [0.25, 0.3) is 11.8 Å². The molecule has 0 saturated carbocycles. The Morgan fingerprint density at radius 1 is 1.10 bits per heavy atom. The molecule has 30 heavy (non-hydrogen) atoms. The molecule has 1 aliphatic rings. The van der Waals surface area contributed by atoms with E-state index in [-0.39, 0.29) is 25.3 Å². The van der Waals surface area contributed by atoms with E-state index in [0.717, 1.165) is 0 Å². The van der Waals surface area contributed by atoms with Crippen molar-refractivity contribution in [1.82, 2.24) is 15.2 Å². The van der Waals surface area contributed by atoms with Gasteiger partial charge in [0.05, 0.1) is 17.0 Å². The van der Waals surface area contributed by atoms with Crippen LogP contribution >= 0.6 is 0 Å². The molecule has 3 rings (SSSR count). The molecule has 0 amide bonds. The normalized spacial score (nSPS) is 22.6. The average molecular weight is 460 g/mol. The highest BCUT2D eigenvalue weighted by molar-refractivity contribution is 7.91. The summed E-state index contributed by atoms with van der Waals surface area (Å²) in [5, 5.41) is 15.3. The summed E-state index contributed by atoms with van der Waals surface area (Å²) in [6.45, 7) is 0. The zero-order valence-corrected chi connectivity index (χ0v) is 15.7. The molecule has 3 heterocycles. The highest BCUT2D eigenvalue weighted by atomic mass is 32.2. The molecule has 0 aromatic carbocycles. The van der Waals surface area contributed by atoms with Crippen molar-refractivity contribution >= 4 is 15.5 Å². The van der Waals surface area contributed by atoms with Crippen molar-refractivity contribution in [1.29, 1.82) is 0 Å². The van der Waals surface area contributed by atoms with Gasteiger partial charge in [-0.2, -0.15) is 26.3 Å². The van der Waals surface area contributed by atoms with Gasteiger partial charge in [0.1, 0.15) is 0 Å². The largest absolute Gasteiger partial charge is 0.426 e. The van der Waals surface area contributed by atoms with E-state index in [1.807, 2.05) is 0 Å². The number of hydrogen-bond acceptors (Lipinski definition) is 8. The minimum absolute atomic E-state index is 0.137. The number of fused-ring (bicyclic) bond motifs is 5. The standard InChI is InChI=1S/C15H14F6N4O4S/c16-14(17,18)7-6-8(22)9-10-24-25-12(29-10)13(26,15(19,20)21)4-2-1-3-5-30(27,28)11(7)23-9/h6,26H,1-5,22H2. The maximum Gasteiger partial charge on any atom is 0.426 e. The number of sulfone groups is 1. The summed E-state index contributed by atoms with van der Waals surface area (Å²) in [5.74, 6) is -2.92. The number of aliphatic hydroxyl groups is 1. The van der Waals surface area contributed by atoms with Crippen LogP contribution in [0, 0.1) is 0 Å². The highest BCUT2D eigenvalue weighted by Gasteiger charge is 2.58. The third-order valence-corrected chi connectivity index (χ3v) is 6.25. The monoisotopic (exact) mass is 460 g/mol. The number of rotatable bonds is 0. The van der Waals surface area contributed by atoms with E-state index in [2.05, 4.69) is 15.2 Å². The van der Waals surface area contributed by atoms with Gasteiger partial charge >= 0.3 is 12.4 Å². The van der Waals surface area contributed by atoms with Crippen LogP contribution in [0.5, 0.6) is 0 Å². The minimum Gasteiger partial charge on any atom is -0.416 e. The number of nitrogens with two attached hydrogens (primary N) is 1. The minimum atomic E-state index is -5.21. The number of aromatic nitrogens is 3. The van der Waals surface area contributed by atoms with Crippen LogP contribution in [-0.4, -0.2) is 40.6 Å². The molecule has 4 bridgehead atoms. The van der Waals surface area contributed by atoms with E-state index in [1.165, 1.54) is 0 Å². The van der Waals surface area contributed by atoms with Gasteiger partial charge in [-0.05, 0) is 25.3 Å². The van der Waals surface area contributed by atoms with E-state index in [9.17, 15) is 39.9 Å². The smallest absolute Gasteiger partial charge is 0.416 e. The zero-order chi connectivity index (χ0) is 22.5. The summed E-state index contributed by atoms with van der Waals surface area (Å²) in [6.07, 6.45) is -12.0. The Bertz CT molecular complexity index is 1070. The molecule has 166 valence electrons. The molecule has 2 aromatic heterocycles. The lowest BCUT2D eigenvalue weighted by Gasteiger charge is -2.26. The van der Waals surface area contributed by atoms with Gasteiger partial charge in [-0.1, -0.05) is 6.42 Å². The van der Waals surface area contributed by atoms with Crippen LogP contribution in [0.1, 0.15) is 37.1 Å². The predicted octanol–water partition coefficient (Wildman–Crippen LogP) is 2.83. The number of nitrogens with zero attached hydrogens (tertiary/aromatic N) is 3. The molecule has 0 spiro atoms. The van der Waals surface area contributed by atoms with Gasteiger partial charge in [0.2, 0.25) is 5.60 Å². The summed E-state index contributed by atoms with van der Waals surface area (Å²) < 4.78 is 110. The summed E-state index contributed by atoms with van der Waals surface area (Å²) >= 11 is 0. The van der Waals surface area contributed by atoms with Crippen molar-refractivity contribution in [3.8, 4) is 11.6 Å². The summed E-state index contributed by atoms with van der Waals surface area (Å²) in [4.78, 5) is 3.42. The predicted molar refractivity (Wildman–Crippen MR) is 87.4 cm³/mol. The lowest BCUT2D eigenvalue weighted by Crippen LogP contribution is -2.42. The van der Waals surface area contributed by atoms with Gasteiger partial charge in [-0.25, -0.2) is 13.4 Å². The van der Waals surface area contributed by atoms with Gasteiger partial charge < -0.3 is 15.3 Å². The van der Waals surface area contributed by atoms with Crippen molar-refractivity contribution in [2.24, 2.45) is 0 Å². The molecular formula is C15H14F6N4O4S. The third-order valence-electron chi connectivity index (χ3n) is 4.52. The summed E-state index contributed by atoms with van der Waals surface area (Å²) in [7, 11) is -4.59. The molecule has 1 unspecified atom stereocenters. The first-order valence-electron chi connectivity index (χ1n) is 8.41. The Labute approximate surface area is 165 Å². The van der Waals surface area contributed by atoms with Crippen molar-refractivity contribution in [2.75, 3.05) is 11.5 Å². The molecule has 3 N–H and O–H groups in total. The Hall–Kier alpha value is -2.42. The fourth-order valence-corrected chi connectivity index (χ4v) is 4.44. The molecule has 0 saturated heterocycles. The van der Waals surface area contributed by atoms with Gasteiger partial charge in [0, 0.05) is 0 Å². The molecular weight excluding hydrogens is 446 g/mol. The van der Waals surface area contributed by atoms with Crippen LogP contribution in [0.25, 0.3) is 11.6 Å². The molecule has 15 heteroatoms. The fourth-order valence-electron chi connectivity index (χ4n) is 2.93. The Kier molecular flexibility index (Phi) is 5.25. The van der Waals surface area contributed by atoms with E-state index >= 15 is 0 Å². The molecule has 2 aromatic rings. The van der Waals surface area contributed by atoms with Crippen molar-refractivity contribution < 1.29 is 44.3 Å². The highest BCUT2D eigenvalue weighted by Crippen LogP contribution is 2.44. The SMILES string of the molecule is Nc1cc(C(F)(F)F)c2nc1-c1nnc(o1)C(O)(C(F)(F)F)CCCCCS2(=O)=O. The van der Waals surface area contributed by atoms with Gasteiger partial charge in [-0.3, -0.25) is 0 Å². The first-order valence-corrected chi connectivity index (χ1v) is 10.1. The van der Waals surface area contributed by atoms with Crippen LogP contribution in [0.4, 0.5) is 32.0 Å². The van der Waals surface area contributed by atoms with Crippen molar-refractivity contribution in [3.05, 3.63) is 17.5 Å². The van der Waals surface area contributed by atoms with Crippen LogP contribution in [0.15, 0.2) is 15.5 Å². The number of alkyl halides is 6. The maximum atomic E-state index is 13.5. The van der Waals surface area contributed by atoms with Crippen LogP contribution < -0.4 is 5.73 Å². The first kappa shape index (κ1) is 22.3. The lowest BCUT2D eigenvalue weighted by atomic mass is 9.95. The quantitative estimate of drug-likeness (QED) is 0.574. The Morgan fingerprint density at radius 3 is 2.37 bits per heavy atom. The Morgan fingerprint density at radius 2 is 1.77 bits per heavy atom. The van der Waals surface area contributed by atoms with Gasteiger partial charge in [0.15, 0.2) is 20.6 Å². The zero-order valence-electron chi connectivity index (χ0n) is 14.9. The second kappa shape index (κ2) is 7.08. The van der Waals surface area contributed by atoms with Crippen LogP contribution in [0.3, 0.4) is 0 Å². The molecule has 0 aliphatic carbocycles. The molecule has 1 aliphatic heterocycles. The van der Waals surface area contributed by atoms with Crippen molar-refractivity contribution in [2.45, 2.75) is 48.7 Å². The molecule has 1 atom stereocenters. The van der Waals surface area contributed by atoms with Crippen LogP contribution in [0.2, 0.25) is 0 Å². The number of pyridine rings is 1. The second-order valence-electron chi connectivity index (χ2n) is 6.68. The first-order chi connectivity index (χ1) is 13.7. The number of halogens is 6. The fraction of sp³-hybridized carbons (Fsp3) is 0.533. The summed E-state index contributed by atoms with van der Waals surface area (Å²) in [5.41, 5.74) is -1.13.